The number of rotatable bonds is 3. The molecule has 1 atom stereocenters. The molecule has 0 aliphatic carbocycles. The molecule has 0 bridgehead atoms. The van der Waals surface area contributed by atoms with Crippen LogP contribution in [0.2, 0.25) is 0 Å². The molecule has 1 saturated heterocycles. The molecule has 0 amide bonds. The van der Waals surface area contributed by atoms with Crippen LogP contribution in [0.15, 0.2) is 21.9 Å². The minimum atomic E-state index is 0. The SMILES string of the molecule is CC1CN(C(N)=NCCn2cc(Br)cn2)CCO1.I. The smallest absolute Gasteiger partial charge is 0.191 e. The molecule has 2 heterocycles. The van der Waals surface area contributed by atoms with Crippen molar-refractivity contribution in [3.8, 4) is 0 Å². The van der Waals surface area contributed by atoms with Crippen LogP contribution in [0.4, 0.5) is 0 Å². The topological polar surface area (TPSA) is 68.7 Å². The molecule has 19 heavy (non-hydrogen) atoms. The van der Waals surface area contributed by atoms with Gasteiger partial charge >= 0.3 is 0 Å². The summed E-state index contributed by atoms with van der Waals surface area (Å²) in [4.78, 5) is 6.44. The number of hydrogen-bond donors (Lipinski definition) is 1. The van der Waals surface area contributed by atoms with Gasteiger partial charge in [-0.3, -0.25) is 9.67 Å². The first-order valence-electron chi connectivity index (χ1n) is 5.99. The van der Waals surface area contributed by atoms with Gasteiger partial charge in [0.05, 0.1) is 36.5 Å². The van der Waals surface area contributed by atoms with E-state index in [9.17, 15) is 0 Å². The van der Waals surface area contributed by atoms with Crippen molar-refractivity contribution in [3.05, 3.63) is 16.9 Å². The number of ether oxygens (including phenoxy) is 1. The van der Waals surface area contributed by atoms with E-state index in [0.717, 1.165) is 24.1 Å². The third kappa shape index (κ3) is 5.27. The molecule has 8 heteroatoms. The van der Waals surface area contributed by atoms with Gasteiger partial charge in [0.2, 0.25) is 0 Å². The van der Waals surface area contributed by atoms with Gasteiger partial charge in [0.1, 0.15) is 0 Å². The van der Waals surface area contributed by atoms with Crippen molar-refractivity contribution < 1.29 is 4.74 Å². The Morgan fingerprint density at radius 3 is 3.11 bits per heavy atom. The zero-order valence-electron chi connectivity index (χ0n) is 10.8. The second-order valence-electron chi connectivity index (χ2n) is 4.29. The molecule has 2 rings (SSSR count). The van der Waals surface area contributed by atoms with Gasteiger partial charge in [0.25, 0.3) is 0 Å². The Morgan fingerprint density at radius 1 is 1.68 bits per heavy atom. The lowest BCUT2D eigenvalue weighted by atomic mass is 10.3. The van der Waals surface area contributed by atoms with E-state index in [1.807, 2.05) is 17.8 Å². The van der Waals surface area contributed by atoms with Crippen LogP contribution < -0.4 is 5.73 Å². The second kappa shape index (κ2) is 8.05. The number of morpholine rings is 1. The van der Waals surface area contributed by atoms with E-state index >= 15 is 0 Å². The number of aliphatic imine (C=N–C) groups is 1. The summed E-state index contributed by atoms with van der Waals surface area (Å²) in [7, 11) is 0. The molecule has 1 fully saturated rings. The van der Waals surface area contributed by atoms with Crippen LogP contribution in [0.1, 0.15) is 6.92 Å². The molecular formula is C11H19BrIN5O. The average molecular weight is 444 g/mol. The molecule has 0 spiro atoms. The van der Waals surface area contributed by atoms with Gasteiger partial charge in [-0.25, -0.2) is 0 Å². The lowest BCUT2D eigenvalue weighted by Crippen LogP contribution is -2.48. The summed E-state index contributed by atoms with van der Waals surface area (Å²) in [5, 5.41) is 4.16. The third-order valence-electron chi connectivity index (χ3n) is 2.77. The predicted molar refractivity (Wildman–Crippen MR) is 88.8 cm³/mol. The summed E-state index contributed by atoms with van der Waals surface area (Å²) in [5.74, 6) is 0.594. The molecule has 108 valence electrons. The van der Waals surface area contributed by atoms with Gasteiger partial charge in [-0.05, 0) is 22.9 Å². The lowest BCUT2D eigenvalue weighted by molar-refractivity contribution is 0.00529. The average Bonchev–Trinajstić information content (AvgIpc) is 2.75. The number of nitrogens with two attached hydrogens (primary N) is 1. The fraction of sp³-hybridized carbons (Fsp3) is 0.636. The maximum atomic E-state index is 5.96. The summed E-state index contributed by atoms with van der Waals surface area (Å²) in [6, 6.07) is 0. The number of halogens is 2. The van der Waals surface area contributed by atoms with E-state index in [1.165, 1.54) is 0 Å². The highest BCUT2D eigenvalue weighted by Gasteiger charge is 2.17. The van der Waals surface area contributed by atoms with Crippen LogP contribution >= 0.6 is 39.9 Å². The van der Waals surface area contributed by atoms with Crippen molar-refractivity contribution in [3.63, 3.8) is 0 Å². The minimum Gasteiger partial charge on any atom is -0.375 e. The van der Waals surface area contributed by atoms with Crippen LogP contribution in [-0.2, 0) is 11.3 Å². The number of guanidine groups is 1. The summed E-state index contributed by atoms with van der Waals surface area (Å²) >= 11 is 3.36. The van der Waals surface area contributed by atoms with E-state index in [4.69, 9.17) is 10.5 Å². The molecule has 0 radical (unpaired) electrons. The maximum absolute atomic E-state index is 5.96. The standard InChI is InChI=1S/C11H18BrN5O.HI/c1-9-7-16(4-5-18-9)11(13)14-2-3-17-8-10(12)6-15-17;/h6,8-9H,2-5,7H2,1H3,(H2,13,14);1H. The molecule has 2 N–H and O–H groups in total. The molecule has 1 aromatic heterocycles. The Morgan fingerprint density at radius 2 is 2.47 bits per heavy atom. The van der Waals surface area contributed by atoms with Gasteiger partial charge in [0.15, 0.2) is 5.96 Å². The normalized spacial score (nSPS) is 20.2. The highest BCUT2D eigenvalue weighted by Crippen LogP contribution is 2.06. The van der Waals surface area contributed by atoms with Gasteiger partial charge in [0, 0.05) is 19.3 Å². The van der Waals surface area contributed by atoms with Gasteiger partial charge in [-0.1, -0.05) is 0 Å². The minimum absolute atomic E-state index is 0. The van der Waals surface area contributed by atoms with E-state index in [2.05, 4.69) is 30.9 Å². The van der Waals surface area contributed by atoms with Crippen molar-refractivity contribution in [2.45, 2.75) is 19.6 Å². The quantitative estimate of drug-likeness (QED) is 0.434. The predicted octanol–water partition coefficient (Wildman–Crippen LogP) is 1.30. The largest absolute Gasteiger partial charge is 0.375 e. The van der Waals surface area contributed by atoms with Crippen LogP contribution in [0.3, 0.4) is 0 Å². The summed E-state index contributed by atoms with van der Waals surface area (Å²) in [6.07, 6.45) is 3.90. The van der Waals surface area contributed by atoms with Crippen LogP contribution in [-0.4, -0.2) is 53.0 Å². The Bertz CT molecular complexity index is 425. The Kier molecular flexibility index (Phi) is 7.08. The fourth-order valence-corrected chi connectivity index (χ4v) is 2.18. The summed E-state index contributed by atoms with van der Waals surface area (Å²) < 4.78 is 8.27. The number of aromatic nitrogens is 2. The van der Waals surface area contributed by atoms with Crippen molar-refractivity contribution in [1.82, 2.24) is 14.7 Å². The molecule has 1 aliphatic heterocycles. The number of nitrogens with zero attached hydrogens (tertiary/aromatic N) is 4. The molecule has 1 aliphatic rings. The Hall–Kier alpha value is -0.350. The number of hydrogen-bond acceptors (Lipinski definition) is 3. The van der Waals surface area contributed by atoms with Crippen LogP contribution in [0, 0.1) is 0 Å². The van der Waals surface area contributed by atoms with Crippen LogP contribution in [0.25, 0.3) is 0 Å². The van der Waals surface area contributed by atoms with Gasteiger partial charge in [-0.15, -0.1) is 24.0 Å². The zero-order chi connectivity index (χ0) is 13.0. The summed E-state index contributed by atoms with van der Waals surface area (Å²) in [6.45, 7) is 5.73. The fourth-order valence-electron chi connectivity index (χ4n) is 1.85. The molecule has 0 saturated carbocycles. The Labute approximate surface area is 138 Å². The molecule has 1 aromatic rings. The summed E-state index contributed by atoms with van der Waals surface area (Å²) in [5.41, 5.74) is 5.96. The first-order valence-corrected chi connectivity index (χ1v) is 6.79. The molecule has 6 nitrogen and oxygen atoms in total. The second-order valence-corrected chi connectivity index (χ2v) is 5.20. The van der Waals surface area contributed by atoms with Gasteiger partial charge in [-0.2, -0.15) is 5.10 Å². The maximum Gasteiger partial charge on any atom is 0.191 e. The van der Waals surface area contributed by atoms with E-state index in [0.29, 0.717) is 19.1 Å². The first kappa shape index (κ1) is 16.7. The van der Waals surface area contributed by atoms with E-state index < -0.39 is 0 Å². The van der Waals surface area contributed by atoms with E-state index in [-0.39, 0.29) is 30.1 Å². The molecule has 0 aromatic carbocycles. The third-order valence-corrected chi connectivity index (χ3v) is 3.18. The van der Waals surface area contributed by atoms with Crippen molar-refractivity contribution >= 4 is 45.9 Å². The lowest BCUT2D eigenvalue weighted by Gasteiger charge is -2.31. The first-order chi connectivity index (χ1) is 8.65. The van der Waals surface area contributed by atoms with Crippen molar-refractivity contribution in [2.24, 2.45) is 10.7 Å². The monoisotopic (exact) mass is 443 g/mol. The highest BCUT2D eigenvalue weighted by atomic mass is 127. The van der Waals surface area contributed by atoms with Gasteiger partial charge < -0.3 is 15.4 Å². The van der Waals surface area contributed by atoms with E-state index in [1.54, 1.807) is 6.20 Å². The molecule has 1 unspecified atom stereocenters. The zero-order valence-corrected chi connectivity index (χ0v) is 14.7. The molecular weight excluding hydrogens is 425 g/mol. The highest BCUT2D eigenvalue weighted by molar-refractivity contribution is 14.0. The van der Waals surface area contributed by atoms with Crippen molar-refractivity contribution in [1.29, 1.82) is 0 Å². The Balaban J connectivity index is 0.00000180. The van der Waals surface area contributed by atoms with Crippen molar-refractivity contribution in [2.75, 3.05) is 26.2 Å². The van der Waals surface area contributed by atoms with Crippen LogP contribution in [0.5, 0.6) is 0 Å².